The summed E-state index contributed by atoms with van der Waals surface area (Å²) in [4.78, 5) is 13.6. The summed E-state index contributed by atoms with van der Waals surface area (Å²) < 4.78 is 27.5. The summed E-state index contributed by atoms with van der Waals surface area (Å²) in [5.74, 6) is 0.127. The van der Waals surface area contributed by atoms with E-state index in [1.807, 2.05) is 0 Å². The third kappa shape index (κ3) is 2.56. The Hall–Kier alpha value is -1.12. The van der Waals surface area contributed by atoms with Crippen molar-refractivity contribution in [3.63, 3.8) is 0 Å². The largest absolute Gasteiger partial charge is 0.399 e. The number of anilines is 1. The van der Waals surface area contributed by atoms with Gasteiger partial charge in [0.05, 0.1) is 4.90 Å². The molecule has 8 heteroatoms. The SMILES string of the molecule is Nc1ccc(Br)c(S(=O)(=O)N2CCN3C(=O)CCC3C2)c1. The van der Waals surface area contributed by atoms with Crippen LogP contribution in [0, 0.1) is 0 Å². The molecule has 6 nitrogen and oxygen atoms in total. The van der Waals surface area contributed by atoms with Crippen LogP contribution in [0.2, 0.25) is 0 Å². The van der Waals surface area contributed by atoms with E-state index in [-0.39, 0.29) is 16.8 Å². The number of halogens is 1. The average Bonchev–Trinajstić information content (AvgIpc) is 2.82. The third-order valence-corrected chi connectivity index (χ3v) is 6.89. The van der Waals surface area contributed by atoms with Crippen molar-refractivity contribution in [3.05, 3.63) is 22.7 Å². The van der Waals surface area contributed by atoms with Crippen LogP contribution in [0.4, 0.5) is 5.69 Å². The number of fused-ring (bicyclic) bond motifs is 1. The maximum absolute atomic E-state index is 12.8. The Bertz CT molecular complexity index is 692. The van der Waals surface area contributed by atoms with E-state index in [0.717, 1.165) is 6.42 Å². The molecule has 1 amide bonds. The van der Waals surface area contributed by atoms with Crippen molar-refractivity contribution in [2.75, 3.05) is 25.4 Å². The number of hydrogen-bond acceptors (Lipinski definition) is 4. The highest BCUT2D eigenvalue weighted by Crippen LogP contribution is 2.30. The quantitative estimate of drug-likeness (QED) is 0.784. The fraction of sp³-hybridized carbons (Fsp3) is 0.462. The molecule has 0 aliphatic carbocycles. The van der Waals surface area contributed by atoms with Crippen LogP contribution in [0.3, 0.4) is 0 Å². The fourth-order valence-corrected chi connectivity index (χ4v) is 5.34. The van der Waals surface area contributed by atoms with E-state index in [1.165, 1.54) is 10.4 Å². The molecule has 1 unspecified atom stereocenters. The highest BCUT2D eigenvalue weighted by Gasteiger charge is 2.40. The molecule has 114 valence electrons. The number of piperazine rings is 1. The summed E-state index contributed by atoms with van der Waals surface area (Å²) >= 11 is 3.27. The summed E-state index contributed by atoms with van der Waals surface area (Å²) in [6.07, 6.45) is 1.24. The van der Waals surface area contributed by atoms with Crippen molar-refractivity contribution in [2.24, 2.45) is 0 Å². The molecule has 0 bridgehead atoms. The molecule has 1 aromatic carbocycles. The number of amides is 1. The Morgan fingerprint density at radius 1 is 1.29 bits per heavy atom. The van der Waals surface area contributed by atoms with Crippen LogP contribution in [0.15, 0.2) is 27.6 Å². The molecule has 2 aliphatic rings. The summed E-state index contributed by atoms with van der Waals surface area (Å²) in [5, 5.41) is 0. The van der Waals surface area contributed by atoms with E-state index in [4.69, 9.17) is 5.73 Å². The second-order valence-corrected chi connectivity index (χ2v) is 8.09. The van der Waals surface area contributed by atoms with Crippen molar-refractivity contribution in [1.82, 2.24) is 9.21 Å². The normalized spacial score (nSPS) is 23.4. The van der Waals surface area contributed by atoms with Crippen molar-refractivity contribution < 1.29 is 13.2 Å². The van der Waals surface area contributed by atoms with Gasteiger partial charge < -0.3 is 10.6 Å². The maximum Gasteiger partial charge on any atom is 0.244 e. The number of carbonyl (C=O) groups excluding carboxylic acids is 1. The lowest BCUT2D eigenvalue weighted by atomic mass is 10.2. The third-order valence-electron chi connectivity index (χ3n) is 4.03. The predicted octanol–water partition coefficient (Wildman–Crippen LogP) is 1.03. The number of sulfonamides is 1. The lowest BCUT2D eigenvalue weighted by Crippen LogP contribution is -2.53. The van der Waals surface area contributed by atoms with Crippen LogP contribution in [0.5, 0.6) is 0 Å². The molecular formula is C13H16BrN3O3S. The number of nitrogen functional groups attached to an aromatic ring is 1. The molecule has 0 spiro atoms. The van der Waals surface area contributed by atoms with Crippen molar-refractivity contribution in [1.29, 1.82) is 0 Å². The van der Waals surface area contributed by atoms with Crippen molar-refractivity contribution in [3.8, 4) is 0 Å². The Kier molecular flexibility index (Phi) is 3.71. The Labute approximate surface area is 132 Å². The first kappa shape index (κ1) is 14.8. The number of carbonyl (C=O) groups is 1. The van der Waals surface area contributed by atoms with Crippen molar-refractivity contribution >= 4 is 37.5 Å². The second-order valence-electron chi connectivity index (χ2n) is 5.33. The first-order chi connectivity index (χ1) is 9.89. The minimum Gasteiger partial charge on any atom is -0.399 e. The predicted molar refractivity (Wildman–Crippen MR) is 82.0 cm³/mol. The van der Waals surface area contributed by atoms with Gasteiger partial charge in [-0.2, -0.15) is 4.31 Å². The molecule has 2 heterocycles. The lowest BCUT2D eigenvalue weighted by Gasteiger charge is -2.36. The topological polar surface area (TPSA) is 83.7 Å². The molecule has 1 aromatic rings. The van der Waals surface area contributed by atoms with E-state index in [2.05, 4.69) is 15.9 Å². The summed E-state index contributed by atoms with van der Waals surface area (Å²) in [6, 6.07) is 4.75. The molecule has 0 aromatic heterocycles. The van der Waals surface area contributed by atoms with Gasteiger partial charge in [0.1, 0.15) is 0 Å². The Morgan fingerprint density at radius 3 is 2.81 bits per heavy atom. The molecule has 2 fully saturated rings. The zero-order valence-electron chi connectivity index (χ0n) is 11.3. The van der Waals surface area contributed by atoms with Crippen LogP contribution < -0.4 is 5.73 Å². The van der Waals surface area contributed by atoms with Gasteiger partial charge in [-0.1, -0.05) is 0 Å². The van der Waals surface area contributed by atoms with Gasteiger partial charge >= 0.3 is 0 Å². The van der Waals surface area contributed by atoms with Gasteiger partial charge in [-0.3, -0.25) is 4.79 Å². The molecule has 1 atom stereocenters. The van der Waals surface area contributed by atoms with Gasteiger partial charge in [0, 0.05) is 42.3 Å². The number of benzene rings is 1. The second kappa shape index (κ2) is 5.26. The lowest BCUT2D eigenvalue weighted by molar-refractivity contribution is -0.130. The standard InChI is InChI=1S/C13H16BrN3O3S/c14-11-3-1-9(15)7-12(11)21(19,20)16-5-6-17-10(8-16)2-4-13(17)18/h1,3,7,10H,2,4-6,8,15H2. The van der Waals surface area contributed by atoms with Gasteiger partial charge in [-0.25, -0.2) is 8.42 Å². The maximum atomic E-state index is 12.8. The Balaban J connectivity index is 1.89. The average molecular weight is 374 g/mol. The molecule has 2 N–H and O–H groups in total. The molecule has 0 radical (unpaired) electrons. The number of nitrogens with two attached hydrogens (primary N) is 1. The van der Waals surface area contributed by atoms with E-state index in [0.29, 0.717) is 36.2 Å². The van der Waals surface area contributed by atoms with E-state index in [9.17, 15) is 13.2 Å². The van der Waals surface area contributed by atoms with Crippen LogP contribution in [-0.2, 0) is 14.8 Å². The van der Waals surface area contributed by atoms with Crippen LogP contribution >= 0.6 is 15.9 Å². The number of rotatable bonds is 2. The first-order valence-corrected chi connectivity index (χ1v) is 8.97. The number of nitrogens with zero attached hydrogens (tertiary/aromatic N) is 2. The summed E-state index contributed by atoms with van der Waals surface area (Å²) in [5.41, 5.74) is 6.11. The van der Waals surface area contributed by atoms with Crippen LogP contribution in [0.25, 0.3) is 0 Å². The molecule has 2 saturated heterocycles. The highest BCUT2D eigenvalue weighted by molar-refractivity contribution is 9.10. The Morgan fingerprint density at radius 2 is 2.05 bits per heavy atom. The van der Waals surface area contributed by atoms with Gasteiger partial charge in [0.15, 0.2) is 0 Å². The molecule has 21 heavy (non-hydrogen) atoms. The molecule has 0 saturated carbocycles. The van der Waals surface area contributed by atoms with Crippen LogP contribution in [0.1, 0.15) is 12.8 Å². The molecule has 3 rings (SSSR count). The van der Waals surface area contributed by atoms with Gasteiger partial charge in [0.25, 0.3) is 0 Å². The van der Waals surface area contributed by atoms with E-state index < -0.39 is 10.0 Å². The van der Waals surface area contributed by atoms with Crippen LogP contribution in [-0.4, -0.2) is 49.2 Å². The van der Waals surface area contributed by atoms with E-state index >= 15 is 0 Å². The first-order valence-electron chi connectivity index (χ1n) is 6.74. The summed E-state index contributed by atoms with van der Waals surface area (Å²) in [7, 11) is -3.60. The number of hydrogen-bond donors (Lipinski definition) is 1. The van der Waals surface area contributed by atoms with Gasteiger partial charge in [-0.15, -0.1) is 0 Å². The minimum absolute atomic E-state index is 0.000796. The fourth-order valence-electron chi connectivity index (χ4n) is 2.91. The summed E-state index contributed by atoms with van der Waals surface area (Å²) in [6.45, 7) is 1.14. The highest BCUT2D eigenvalue weighted by atomic mass is 79.9. The minimum atomic E-state index is -3.60. The van der Waals surface area contributed by atoms with Gasteiger partial charge in [-0.05, 0) is 40.5 Å². The zero-order valence-corrected chi connectivity index (χ0v) is 13.7. The molecule has 2 aliphatic heterocycles. The zero-order chi connectivity index (χ0) is 15.2. The van der Waals surface area contributed by atoms with Gasteiger partial charge in [0.2, 0.25) is 15.9 Å². The van der Waals surface area contributed by atoms with Crippen molar-refractivity contribution in [2.45, 2.75) is 23.8 Å². The smallest absolute Gasteiger partial charge is 0.244 e. The molecular weight excluding hydrogens is 358 g/mol. The van der Waals surface area contributed by atoms with E-state index in [1.54, 1.807) is 17.0 Å². The monoisotopic (exact) mass is 373 g/mol.